The van der Waals surface area contributed by atoms with Crippen LogP contribution in [-0.4, -0.2) is 28.3 Å². The van der Waals surface area contributed by atoms with Crippen LogP contribution in [0.2, 0.25) is 0 Å². The fourth-order valence-electron chi connectivity index (χ4n) is 2.77. The van der Waals surface area contributed by atoms with Gasteiger partial charge >= 0.3 is 0 Å². The van der Waals surface area contributed by atoms with Gasteiger partial charge in [0.05, 0.1) is 6.04 Å². The van der Waals surface area contributed by atoms with Crippen LogP contribution in [0.15, 0.2) is 23.8 Å². The predicted octanol–water partition coefficient (Wildman–Crippen LogP) is 1.42. The van der Waals surface area contributed by atoms with Crippen LogP contribution >= 0.6 is 11.9 Å². The summed E-state index contributed by atoms with van der Waals surface area (Å²) in [4.78, 5) is 1.61. The summed E-state index contributed by atoms with van der Waals surface area (Å²) in [5, 5.41) is 8.39. The van der Waals surface area contributed by atoms with Gasteiger partial charge in [0, 0.05) is 12.1 Å². The van der Waals surface area contributed by atoms with Crippen molar-refractivity contribution in [2.75, 3.05) is 6.54 Å². The molecule has 2 aliphatic heterocycles. The molecular formula is C12H18N4S. The molecule has 4 nitrogen and oxygen atoms in total. The molecular weight excluding hydrogens is 232 g/mol. The largest absolute Gasteiger partial charge is 0.329 e. The van der Waals surface area contributed by atoms with E-state index in [1.54, 1.807) is 11.9 Å². The minimum Gasteiger partial charge on any atom is -0.329 e. The highest BCUT2D eigenvalue weighted by atomic mass is 32.2. The molecule has 0 saturated carbocycles. The maximum atomic E-state index is 8.39. The molecule has 3 atom stereocenters. The molecule has 0 radical (unpaired) electrons. The average Bonchev–Trinajstić information content (AvgIpc) is 2.64. The van der Waals surface area contributed by atoms with Crippen molar-refractivity contribution >= 4 is 17.8 Å². The minimum atomic E-state index is -0.436. The third-order valence-electron chi connectivity index (χ3n) is 3.83. The van der Waals surface area contributed by atoms with Gasteiger partial charge < -0.3 is 4.90 Å². The summed E-state index contributed by atoms with van der Waals surface area (Å²) in [6.07, 6.45) is 8.28. The maximum Gasteiger partial charge on any atom is 0.152 e. The standard InChI is InChI=1S/C12H18N4S/c1-8-4-2-5-9-10(8)15-17-12(14)6-3-7-16(12)11(9)13/h2,4-5,8,10,13,15H,3,6-7,14H2,1H3/t8?,10?,12-/m0/s1. The van der Waals surface area contributed by atoms with Gasteiger partial charge in [0.15, 0.2) is 4.99 Å². The zero-order chi connectivity index (χ0) is 12.0. The summed E-state index contributed by atoms with van der Waals surface area (Å²) in [7, 11) is 0. The number of nitrogens with zero attached hydrogens (tertiary/aromatic N) is 1. The molecule has 5 heteroatoms. The van der Waals surface area contributed by atoms with E-state index in [1.165, 1.54) is 0 Å². The third kappa shape index (κ3) is 1.64. The number of rotatable bonds is 0. The number of amidine groups is 1. The summed E-state index contributed by atoms with van der Waals surface area (Å²) >= 11 is 1.59. The highest BCUT2D eigenvalue weighted by Crippen LogP contribution is 2.39. The Labute approximate surface area is 106 Å². The van der Waals surface area contributed by atoms with Crippen molar-refractivity contribution in [1.82, 2.24) is 9.62 Å². The third-order valence-corrected chi connectivity index (χ3v) is 4.98. The summed E-state index contributed by atoms with van der Waals surface area (Å²) in [6.45, 7) is 3.07. The number of nitrogens with one attached hydrogen (secondary N) is 2. The molecule has 2 unspecified atom stereocenters. The van der Waals surface area contributed by atoms with Crippen LogP contribution < -0.4 is 10.5 Å². The first-order valence-corrected chi connectivity index (χ1v) is 6.91. The molecule has 0 bridgehead atoms. The van der Waals surface area contributed by atoms with E-state index in [-0.39, 0.29) is 6.04 Å². The van der Waals surface area contributed by atoms with E-state index in [0.717, 1.165) is 25.0 Å². The highest BCUT2D eigenvalue weighted by molar-refractivity contribution is 7.98. The normalized spacial score (nSPS) is 40.7. The second-order valence-electron chi connectivity index (χ2n) is 5.01. The average molecular weight is 250 g/mol. The monoisotopic (exact) mass is 250 g/mol. The zero-order valence-corrected chi connectivity index (χ0v) is 10.8. The van der Waals surface area contributed by atoms with Crippen LogP contribution in [0.4, 0.5) is 0 Å². The Morgan fingerprint density at radius 1 is 1.65 bits per heavy atom. The Bertz CT molecular complexity index is 417. The van der Waals surface area contributed by atoms with E-state index in [9.17, 15) is 0 Å². The van der Waals surface area contributed by atoms with E-state index in [1.807, 2.05) is 11.0 Å². The molecule has 92 valence electrons. The van der Waals surface area contributed by atoms with E-state index < -0.39 is 4.99 Å². The van der Waals surface area contributed by atoms with E-state index in [0.29, 0.717) is 11.8 Å². The molecule has 0 aromatic rings. The molecule has 2 heterocycles. The molecule has 1 aliphatic carbocycles. The van der Waals surface area contributed by atoms with Gasteiger partial charge in [-0.05, 0) is 30.7 Å². The summed E-state index contributed by atoms with van der Waals surface area (Å²) in [5.41, 5.74) is 7.46. The van der Waals surface area contributed by atoms with E-state index in [2.05, 4.69) is 23.8 Å². The maximum absolute atomic E-state index is 8.39. The zero-order valence-electron chi connectivity index (χ0n) is 9.94. The van der Waals surface area contributed by atoms with Crippen molar-refractivity contribution in [3.8, 4) is 0 Å². The quantitative estimate of drug-likeness (QED) is 0.569. The van der Waals surface area contributed by atoms with E-state index >= 15 is 0 Å². The Morgan fingerprint density at radius 3 is 3.29 bits per heavy atom. The number of allylic oxidation sites excluding steroid dienone is 2. The Morgan fingerprint density at radius 2 is 2.47 bits per heavy atom. The Hall–Kier alpha value is -0.780. The first-order valence-electron chi connectivity index (χ1n) is 6.09. The van der Waals surface area contributed by atoms with Crippen molar-refractivity contribution in [3.05, 3.63) is 23.8 Å². The van der Waals surface area contributed by atoms with Crippen molar-refractivity contribution in [2.24, 2.45) is 11.7 Å². The molecule has 2 fully saturated rings. The molecule has 0 aromatic carbocycles. The highest BCUT2D eigenvalue weighted by Gasteiger charge is 2.45. The fraction of sp³-hybridized carbons (Fsp3) is 0.583. The first kappa shape index (κ1) is 11.3. The van der Waals surface area contributed by atoms with Crippen LogP contribution in [0.1, 0.15) is 19.8 Å². The lowest BCUT2D eigenvalue weighted by atomic mass is 9.89. The number of nitrogens with two attached hydrogens (primary N) is 1. The molecule has 2 saturated heterocycles. The fourth-order valence-corrected chi connectivity index (χ4v) is 3.98. The van der Waals surface area contributed by atoms with Crippen molar-refractivity contribution in [3.63, 3.8) is 0 Å². The van der Waals surface area contributed by atoms with Crippen LogP contribution in [0, 0.1) is 11.3 Å². The SMILES string of the molecule is CC1C=CC=C2C(=N)N3CCC[C@@]3(N)SNC21. The van der Waals surface area contributed by atoms with Crippen molar-refractivity contribution < 1.29 is 0 Å². The van der Waals surface area contributed by atoms with Gasteiger partial charge in [-0.15, -0.1) is 0 Å². The van der Waals surface area contributed by atoms with Gasteiger partial charge in [0.25, 0.3) is 0 Å². The molecule has 0 spiro atoms. The second kappa shape index (κ2) is 3.86. The molecule has 0 amide bonds. The van der Waals surface area contributed by atoms with Gasteiger partial charge in [-0.1, -0.05) is 25.2 Å². The number of fused-ring (bicyclic) bond motifs is 2. The lowest BCUT2D eigenvalue weighted by Crippen LogP contribution is -2.51. The van der Waals surface area contributed by atoms with Crippen LogP contribution in [0.3, 0.4) is 0 Å². The smallest absolute Gasteiger partial charge is 0.152 e. The Kier molecular flexibility index (Phi) is 2.57. The van der Waals surface area contributed by atoms with Crippen LogP contribution in [0.25, 0.3) is 0 Å². The minimum absolute atomic E-state index is 0.212. The molecule has 4 N–H and O–H groups in total. The molecule has 3 aliphatic rings. The topological polar surface area (TPSA) is 65.1 Å². The Balaban J connectivity index is 1.99. The lowest BCUT2D eigenvalue weighted by molar-refractivity contribution is 0.358. The predicted molar refractivity (Wildman–Crippen MR) is 71.5 cm³/mol. The summed E-state index contributed by atoms with van der Waals surface area (Å²) in [5.74, 6) is 1.01. The van der Waals surface area contributed by atoms with Gasteiger partial charge in [-0.3, -0.25) is 15.9 Å². The van der Waals surface area contributed by atoms with Crippen LogP contribution in [0.5, 0.6) is 0 Å². The lowest BCUT2D eigenvalue weighted by Gasteiger charge is -2.33. The van der Waals surface area contributed by atoms with Gasteiger partial charge in [0.1, 0.15) is 5.84 Å². The number of hydrogen-bond donors (Lipinski definition) is 3. The van der Waals surface area contributed by atoms with Crippen molar-refractivity contribution in [2.45, 2.75) is 30.8 Å². The summed E-state index contributed by atoms with van der Waals surface area (Å²) in [6, 6.07) is 0.212. The van der Waals surface area contributed by atoms with Crippen LogP contribution in [-0.2, 0) is 0 Å². The van der Waals surface area contributed by atoms with Gasteiger partial charge in [0.2, 0.25) is 0 Å². The van der Waals surface area contributed by atoms with Gasteiger partial charge in [-0.2, -0.15) is 0 Å². The molecule has 0 aromatic heterocycles. The first-order chi connectivity index (χ1) is 8.12. The summed E-state index contributed by atoms with van der Waals surface area (Å²) < 4.78 is 3.47. The van der Waals surface area contributed by atoms with Gasteiger partial charge in [-0.25, -0.2) is 0 Å². The van der Waals surface area contributed by atoms with Crippen molar-refractivity contribution in [1.29, 1.82) is 5.41 Å². The number of hydrogen-bond acceptors (Lipinski definition) is 4. The van der Waals surface area contributed by atoms with E-state index in [4.69, 9.17) is 11.1 Å². The molecule has 17 heavy (non-hydrogen) atoms. The second-order valence-corrected chi connectivity index (χ2v) is 6.16. The molecule has 3 rings (SSSR count).